The van der Waals surface area contributed by atoms with Gasteiger partial charge in [-0.25, -0.2) is 19.9 Å². The first-order valence-corrected chi connectivity index (χ1v) is 12.8. The highest BCUT2D eigenvalue weighted by atomic mass is 16.5. The highest BCUT2D eigenvalue weighted by Crippen LogP contribution is 2.44. The summed E-state index contributed by atoms with van der Waals surface area (Å²) in [6.07, 6.45) is 5.31. The average molecular weight is 505 g/mol. The lowest BCUT2D eigenvalue weighted by Crippen LogP contribution is -2.58. The molecular weight excluding hydrogens is 472 g/mol. The van der Waals surface area contributed by atoms with Gasteiger partial charge in [-0.1, -0.05) is 12.1 Å². The molecule has 11 nitrogen and oxygen atoms in total. The first-order valence-electron chi connectivity index (χ1n) is 12.8. The minimum absolute atomic E-state index is 0.134. The van der Waals surface area contributed by atoms with Gasteiger partial charge in [0.25, 0.3) is 0 Å². The van der Waals surface area contributed by atoms with Gasteiger partial charge in [0, 0.05) is 32.5 Å². The van der Waals surface area contributed by atoms with Gasteiger partial charge in [0.05, 0.1) is 41.2 Å². The lowest BCUT2D eigenvalue weighted by Gasteiger charge is -2.51. The Balaban J connectivity index is 1.09. The Bertz CT molecular complexity index is 1470. The predicted octanol–water partition coefficient (Wildman–Crippen LogP) is 2.23. The number of carbonyl (C=O) groups is 1. The van der Waals surface area contributed by atoms with Crippen molar-refractivity contribution in [1.82, 2.24) is 34.0 Å². The lowest BCUT2D eigenvalue weighted by atomic mass is 9.75. The van der Waals surface area contributed by atoms with Crippen LogP contribution >= 0.6 is 0 Å². The van der Waals surface area contributed by atoms with Crippen LogP contribution < -0.4 is 5.73 Å². The molecule has 37 heavy (non-hydrogen) atoms. The van der Waals surface area contributed by atoms with Crippen molar-refractivity contribution in [2.24, 2.45) is 0 Å². The van der Waals surface area contributed by atoms with E-state index in [4.69, 9.17) is 10.5 Å². The van der Waals surface area contributed by atoms with Gasteiger partial charge in [0.1, 0.15) is 17.7 Å². The number of piperidine rings is 1. The first kappa shape index (κ1) is 23.8. The van der Waals surface area contributed by atoms with Crippen LogP contribution in [0.5, 0.6) is 0 Å². The van der Waals surface area contributed by atoms with Crippen LogP contribution in [0.25, 0.3) is 22.2 Å². The van der Waals surface area contributed by atoms with Crippen LogP contribution in [0.1, 0.15) is 44.5 Å². The summed E-state index contributed by atoms with van der Waals surface area (Å²) < 4.78 is 10.4. The molecule has 194 valence electrons. The molecule has 3 aromatic heterocycles. The van der Waals surface area contributed by atoms with Crippen LogP contribution in [0, 0.1) is 6.92 Å². The molecule has 11 heteroatoms. The third-order valence-corrected chi connectivity index (χ3v) is 8.09. The normalized spacial score (nSPS) is 23.8. The summed E-state index contributed by atoms with van der Waals surface area (Å²) in [5, 5.41) is 11.5. The number of carbonyl (C=O) groups excluding carboxylic acids is 1. The molecule has 0 bridgehead atoms. The second-order valence-corrected chi connectivity index (χ2v) is 10.6. The van der Waals surface area contributed by atoms with Crippen LogP contribution in [0.15, 0.2) is 36.9 Å². The van der Waals surface area contributed by atoms with Crippen molar-refractivity contribution in [2.45, 2.75) is 63.3 Å². The Morgan fingerprint density at radius 2 is 2.00 bits per heavy atom. The number of anilines is 1. The summed E-state index contributed by atoms with van der Waals surface area (Å²) in [6.45, 7) is 5.97. The number of rotatable bonds is 4. The summed E-state index contributed by atoms with van der Waals surface area (Å²) in [4.78, 5) is 32.3. The molecule has 6 rings (SSSR count). The lowest BCUT2D eigenvalue weighted by molar-refractivity contribution is -0.197. The fourth-order valence-electron chi connectivity index (χ4n) is 6.06. The van der Waals surface area contributed by atoms with Crippen LogP contribution in [-0.2, 0) is 16.1 Å². The minimum Gasteiger partial charge on any atom is -0.388 e. The largest absolute Gasteiger partial charge is 0.388 e. The molecular formula is C26H32N8O3. The number of hydrogen-bond donors (Lipinski definition) is 2. The van der Waals surface area contributed by atoms with Gasteiger partial charge in [-0.3, -0.25) is 4.79 Å². The maximum atomic E-state index is 13.1. The maximum Gasteiger partial charge on any atom is 0.224 e. The molecule has 0 radical (unpaired) electrons. The quantitative estimate of drug-likeness (QED) is 0.432. The molecule has 2 saturated heterocycles. The van der Waals surface area contributed by atoms with Gasteiger partial charge in [0.2, 0.25) is 5.91 Å². The van der Waals surface area contributed by atoms with Gasteiger partial charge in [0.15, 0.2) is 11.5 Å². The van der Waals surface area contributed by atoms with Gasteiger partial charge in [-0.15, -0.1) is 0 Å². The van der Waals surface area contributed by atoms with Crippen LogP contribution in [0.4, 0.5) is 5.82 Å². The van der Waals surface area contributed by atoms with Crippen molar-refractivity contribution in [2.75, 3.05) is 25.4 Å². The van der Waals surface area contributed by atoms with Gasteiger partial charge < -0.3 is 29.6 Å². The highest BCUT2D eigenvalue weighted by molar-refractivity contribution is 5.81. The Morgan fingerprint density at radius 3 is 2.78 bits per heavy atom. The highest BCUT2D eigenvalue weighted by Gasteiger charge is 2.50. The van der Waals surface area contributed by atoms with Crippen molar-refractivity contribution in [3.05, 3.63) is 42.7 Å². The number of aliphatic hydroxyl groups is 1. The number of aromatic nitrogens is 6. The number of nitrogens with zero attached hydrogens (tertiary/aromatic N) is 7. The summed E-state index contributed by atoms with van der Waals surface area (Å²) in [7, 11) is 0. The number of nitrogens with two attached hydrogens (primary N) is 1. The monoisotopic (exact) mass is 504 g/mol. The number of fused-ring (bicyclic) bond motifs is 2. The maximum absolute atomic E-state index is 13.1. The van der Waals surface area contributed by atoms with E-state index in [1.807, 2.05) is 47.6 Å². The summed E-state index contributed by atoms with van der Waals surface area (Å²) in [6, 6.07) is 7.65. The molecule has 2 atom stereocenters. The second kappa shape index (κ2) is 8.77. The SMILES string of the molecule is Cc1nc2ccccc2n1CCC(=O)N1CCC2(CC1)C[C@@](C)(O)[C@H](n1cnc3c(N)ncnc31)CO2. The molecule has 4 aromatic rings. The number of likely N-dealkylation sites (tertiary alicyclic amines) is 1. The second-order valence-electron chi connectivity index (χ2n) is 10.6. The summed E-state index contributed by atoms with van der Waals surface area (Å²) in [5.74, 6) is 1.36. The van der Waals surface area contributed by atoms with E-state index in [1.54, 1.807) is 6.33 Å². The smallest absolute Gasteiger partial charge is 0.224 e. The van der Waals surface area contributed by atoms with Gasteiger partial charge in [-0.2, -0.15) is 0 Å². The predicted molar refractivity (Wildman–Crippen MR) is 138 cm³/mol. The van der Waals surface area contributed by atoms with E-state index < -0.39 is 11.2 Å². The fourth-order valence-corrected chi connectivity index (χ4v) is 6.06. The number of ether oxygens (including phenoxy) is 1. The number of nitrogen functional groups attached to an aromatic ring is 1. The van der Waals surface area contributed by atoms with Crippen molar-refractivity contribution in [3.63, 3.8) is 0 Å². The molecule has 0 aliphatic carbocycles. The Kier molecular flexibility index (Phi) is 5.64. The number of para-hydroxylation sites is 2. The van der Waals surface area contributed by atoms with E-state index in [9.17, 15) is 9.90 Å². The molecule has 5 heterocycles. The standard InChI is InChI=1S/C26H32N8O3/c1-17-31-18-5-3-4-6-19(18)33(17)10-7-21(35)32-11-8-26(9-12-32)14-25(2,36)20(13-37-26)34-16-30-22-23(27)28-15-29-24(22)34/h3-6,15-16,20,36H,7-14H2,1-2H3,(H2,27,28,29)/t20-,25-/m1/s1. The Labute approximate surface area is 214 Å². The Hall–Kier alpha value is -3.57. The molecule has 0 saturated carbocycles. The molecule has 0 unspecified atom stereocenters. The summed E-state index contributed by atoms with van der Waals surface area (Å²) >= 11 is 0. The van der Waals surface area contributed by atoms with Crippen LogP contribution in [0.3, 0.4) is 0 Å². The number of aryl methyl sites for hydroxylation is 2. The van der Waals surface area contributed by atoms with Gasteiger partial charge >= 0.3 is 0 Å². The minimum atomic E-state index is -1.04. The van der Waals surface area contributed by atoms with E-state index in [-0.39, 0.29) is 11.9 Å². The number of amides is 1. The zero-order valence-corrected chi connectivity index (χ0v) is 21.2. The van der Waals surface area contributed by atoms with Crippen molar-refractivity contribution in [1.29, 1.82) is 0 Å². The van der Waals surface area contributed by atoms with Crippen LogP contribution in [0.2, 0.25) is 0 Å². The third-order valence-electron chi connectivity index (χ3n) is 8.09. The average Bonchev–Trinajstić information content (AvgIpc) is 3.44. The molecule has 1 amide bonds. The van der Waals surface area contributed by atoms with E-state index in [0.29, 0.717) is 68.9 Å². The van der Waals surface area contributed by atoms with E-state index >= 15 is 0 Å². The number of benzene rings is 1. The van der Waals surface area contributed by atoms with Gasteiger partial charge in [-0.05, 0) is 38.8 Å². The number of hydrogen-bond acceptors (Lipinski definition) is 8. The first-order chi connectivity index (χ1) is 17.8. The molecule has 3 N–H and O–H groups in total. The molecule has 2 aliphatic rings. The molecule has 1 spiro atoms. The third kappa shape index (κ3) is 4.11. The van der Waals surface area contributed by atoms with Crippen molar-refractivity contribution >= 4 is 33.9 Å². The number of imidazole rings is 2. The van der Waals surface area contributed by atoms with E-state index in [0.717, 1.165) is 16.9 Å². The van der Waals surface area contributed by atoms with Crippen molar-refractivity contribution in [3.8, 4) is 0 Å². The Morgan fingerprint density at radius 1 is 1.22 bits per heavy atom. The molecule has 2 aliphatic heterocycles. The summed E-state index contributed by atoms with van der Waals surface area (Å²) in [5.41, 5.74) is 7.54. The topological polar surface area (TPSA) is 137 Å². The van der Waals surface area contributed by atoms with E-state index in [1.165, 1.54) is 6.33 Å². The van der Waals surface area contributed by atoms with Crippen molar-refractivity contribution < 1.29 is 14.6 Å². The van der Waals surface area contributed by atoms with E-state index in [2.05, 4.69) is 24.5 Å². The molecule has 2 fully saturated rings. The zero-order chi connectivity index (χ0) is 25.8. The zero-order valence-electron chi connectivity index (χ0n) is 21.2. The fraction of sp³-hybridized carbons (Fsp3) is 0.500. The van der Waals surface area contributed by atoms with Crippen LogP contribution in [-0.4, -0.2) is 75.9 Å². The molecule has 1 aromatic carbocycles.